The van der Waals surface area contributed by atoms with Gasteiger partial charge in [0.2, 0.25) is 5.88 Å². The molecule has 1 heterocycles. The first-order chi connectivity index (χ1) is 7.13. The molecule has 15 heavy (non-hydrogen) atoms. The number of nitrogens with zero attached hydrogens (tertiary/aromatic N) is 1. The van der Waals surface area contributed by atoms with E-state index in [1.165, 1.54) is 14.2 Å². The van der Waals surface area contributed by atoms with E-state index >= 15 is 0 Å². The van der Waals surface area contributed by atoms with Gasteiger partial charge in [-0.1, -0.05) is 0 Å². The minimum Gasteiger partial charge on any atom is -0.496 e. The first-order valence-corrected chi connectivity index (χ1v) is 4.47. The zero-order valence-corrected chi connectivity index (χ0v) is 9.03. The topological polar surface area (TPSA) is 74.4 Å². The zero-order valence-electron chi connectivity index (χ0n) is 9.03. The van der Waals surface area contributed by atoms with Gasteiger partial charge in [-0.2, -0.15) is 0 Å². The standard InChI is InChI=1S/C10H14N2O3/c1-6-4-8(14-2)9(7(13)5-11)10(12-6)15-3/h4H,5,11H2,1-3H3. The van der Waals surface area contributed by atoms with Gasteiger partial charge in [0.15, 0.2) is 5.78 Å². The van der Waals surface area contributed by atoms with Crippen molar-refractivity contribution in [1.29, 1.82) is 0 Å². The van der Waals surface area contributed by atoms with Gasteiger partial charge in [-0.3, -0.25) is 4.79 Å². The Morgan fingerprint density at radius 2 is 2.13 bits per heavy atom. The maximum Gasteiger partial charge on any atom is 0.228 e. The van der Waals surface area contributed by atoms with Crippen LogP contribution in [0.3, 0.4) is 0 Å². The van der Waals surface area contributed by atoms with Gasteiger partial charge in [0, 0.05) is 11.8 Å². The molecule has 0 aromatic carbocycles. The highest BCUT2D eigenvalue weighted by Crippen LogP contribution is 2.27. The molecule has 0 atom stereocenters. The number of aromatic nitrogens is 1. The molecule has 0 saturated carbocycles. The van der Waals surface area contributed by atoms with E-state index in [-0.39, 0.29) is 18.2 Å². The first-order valence-electron chi connectivity index (χ1n) is 4.47. The van der Waals surface area contributed by atoms with Gasteiger partial charge in [0.1, 0.15) is 11.3 Å². The van der Waals surface area contributed by atoms with Crippen LogP contribution in [0.1, 0.15) is 16.1 Å². The summed E-state index contributed by atoms with van der Waals surface area (Å²) in [6.07, 6.45) is 0. The zero-order chi connectivity index (χ0) is 11.4. The molecule has 0 amide bonds. The first kappa shape index (κ1) is 11.5. The SMILES string of the molecule is COc1cc(C)nc(OC)c1C(=O)CN. The lowest BCUT2D eigenvalue weighted by Gasteiger charge is -2.11. The van der Waals surface area contributed by atoms with Crippen molar-refractivity contribution in [2.24, 2.45) is 5.73 Å². The fraction of sp³-hybridized carbons (Fsp3) is 0.400. The molecule has 5 nitrogen and oxygen atoms in total. The Morgan fingerprint density at radius 1 is 1.47 bits per heavy atom. The van der Waals surface area contributed by atoms with Crippen molar-refractivity contribution in [1.82, 2.24) is 4.98 Å². The van der Waals surface area contributed by atoms with Crippen molar-refractivity contribution in [3.63, 3.8) is 0 Å². The second-order valence-electron chi connectivity index (χ2n) is 2.98. The average Bonchev–Trinajstić information content (AvgIpc) is 2.26. The fourth-order valence-electron chi connectivity index (χ4n) is 1.28. The number of nitrogens with two attached hydrogens (primary N) is 1. The van der Waals surface area contributed by atoms with Crippen LogP contribution in [0.15, 0.2) is 6.07 Å². The summed E-state index contributed by atoms with van der Waals surface area (Å²) in [5.41, 5.74) is 6.32. The highest BCUT2D eigenvalue weighted by atomic mass is 16.5. The second kappa shape index (κ2) is 4.75. The summed E-state index contributed by atoms with van der Waals surface area (Å²) in [6, 6.07) is 1.67. The molecule has 82 valence electrons. The summed E-state index contributed by atoms with van der Waals surface area (Å²) in [5, 5.41) is 0. The molecule has 0 fully saturated rings. The third-order valence-corrected chi connectivity index (χ3v) is 1.96. The Morgan fingerprint density at radius 3 is 2.60 bits per heavy atom. The lowest BCUT2D eigenvalue weighted by Crippen LogP contribution is -2.16. The normalized spacial score (nSPS) is 9.87. The number of carbonyl (C=O) groups excluding carboxylic acids is 1. The highest BCUT2D eigenvalue weighted by Gasteiger charge is 2.18. The number of Topliss-reactive ketones (excluding diaryl/α,β-unsaturated/α-hetero) is 1. The molecular weight excluding hydrogens is 196 g/mol. The summed E-state index contributed by atoms with van der Waals surface area (Å²) in [4.78, 5) is 15.6. The van der Waals surface area contributed by atoms with Gasteiger partial charge in [0.05, 0.1) is 20.8 Å². The van der Waals surface area contributed by atoms with E-state index in [0.29, 0.717) is 11.3 Å². The molecule has 0 aliphatic rings. The third kappa shape index (κ3) is 2.24. The van der Waals surface area contributed by atoms with Crippen LogP contribution in [-0.2, 0) is 0 Å². The van der Waals surface area contributed by atoms with Crippen LogP contribution in [0, 0.1) is 6.92 Å². The number of carbonyl (C=O) groups is 1. The van der Waals surface area contributed by atoms with Gasteiger partial charge >= 0.3 is 0 Å². The highest BCUT2D eigenvalue weighted by molar-refractivity contribution is 6.02. The van der Waals surface area contributed by atoms with E-state index in [2.05, 4.69) is 4.98 Å². The van der Waals surface area contributed by atoms with Crippen LogP contribution >= 0.6 is 0 Å². The Kier molecular flexibility index (Phi) is 3.62. The van der Waals surface area contributed by atoms with Crippen molar-refractivity contribution < 1.29 is 14.3 Å². The van der Waals surface area contributed by atoms with Crippen molar-refractivity contribution in [2.45, 2.75) is 6.92 Å². The summed E-state index contributed by atoms with van der Waals surface area (Å²) in [5.74, 6) is 0.438. The van der Waals surface area contributed by atoms with Crippen LogP contribution in [0.4, 0.5) is 0 Å². The summed E-state index contributed by atoms with van der Waals surface area (Å²) >= 11 is 0. The molecule has 1 aromatic heterocycles. The molecule has 0 unspecified atom stereocenters. The minimum atomic E-state index is -0.254. The number of hydrogen-bond acceptors (Lipinski definition) is 5. The van der Waals surface area contributed by atoms with E-state index in [0.717, 1.165) is 5.69 Å². The largest absolute Gasteiger partial charge is 0.496 e. The van der Waals surface area contributed by atoms with E-state index in [9.17, 15) is 4.79 Å². The summed E-state index contributed by atoms with van der Waals surface area (Å²) in [7, 11) is 2.94. The molecule has 0 saturated heterocycles. The number of hydrogen-bond donors (Lipinski definition) is 1. The molecule has 1 rings (SSSR count). The fourth-order valence-corrected chi connectivity index (χ4v) is 1.28. The quantitative estimate of drug-likeness (QED) is 0.734. The van der Waals surface area contributed by atoms with E-state index in [4.69, 9.17) is 15.2 Å². The van der Waals surface area contributed by atoms with Gasteiger partial charge in [-0.15, -0.1) is 0 Å². The van der Waals surface area contributed by atoms with E-state index in [1.54, 1.807) is 13.0 Å². The lowest BCUT2D eigenvalue weighted by atomic mass is 10.1. The number of methoxy groups -OCH3 is 2. The molecule has 0 bridgehead atoms. The number of aryl methyl sites for hydroxylation is 1. The maximum absolute atomic E-state index is 11.6. The molecule has 0 radical (unpaired) electrons. The number of rotatable bonds is 4. The number of ketones is 1. The van der Waals surface area contributed by atoms with Gasteiger partial charge < -0.3 is 15.2 Å². The Bertz CT molecular complexity index is 352. The van der Waals surface area contributed by atoms with Crippen LogP contribution < -0.4 is 15.2 Å². The predicted octanol–water partition coefficient (Wildman–Crippen LogP) is 0.549. The van der Waals surface area contributed by atoms with Gasteiger partial charge in [-0.05, 0) is 6.92 Å². The second-order valence-corrected chi connectivity index (χ2v) is 2.98. The van der Waals surface area contributed by atoms with Crippen molar-refractivity contribution in [3.8, 4) is 11.6 Å². The Hall–Kier alpha value is -1.62. The van der Waals surface area contributed by atoms with Gasteiger partial charge in [0.25, 0.3) is 0 Å². The van der Waals surface area contributed by atoms with E-state index in [1.807, 2.05) is 0 Å². The number of pyridine rings is 1. The van der Waals surface area contributed by atoms with Crippen molar-refractivity contribution in [2.75, 3.05) is 20.8 Å². The van der Waals surface area contributed by atoms with Crippen LogP contribution in [0.25, 0.3) is 0 Å². The van der Waals surface area contributed by atoms with E-state index < -0.39 is 0 Å². The minimum absolute atomic E-state index is 0.0997. The van der Waals surface area contributed by atoms with Crippen molar-refractivity contribution in [3.05, 3.63) is 17.3 Å². The Labute approximate surface area is 88.2 Å². The molecule has 2 N–H and O–H groups in total. The van der Waals surface area contributed by atoms with Crippen LogP contribution in [0.5, 0.6) is 11.6 Å². The molecular formula is C10H14N2O3. The Balaban J connectivity index is 3.36. The third-order valence-electron chi connectivity index (χ3n) is 1.96. The predicted molar refractivity (Wildman–Crippen MR) is 55.5 cm³/mol. The molecule has 0 aliphatic heterocycles. The molecule has 1 aromatic rings. The van der Waals surface area contributed by atoms with Crippen LogP contribution in [-0.4, -0.2) is 31.5 Å². The maximum atomic E-state index is 11.6. The van der Waals surface area contributed by atoms with Crippen molar-refractivity contribution >= 4 is 5.78 Å². The smallest absolute Gasteiger partial charge is 0.228 e. The average molecular weight is 210 g/mol. The summed E-state index contributed by atoms with van der Waals surface area (Å²) < 4.78 is 10.1. The molecule has 5 heteroatoms. The molecule has 0 aliphatic carbocycles. The van der Waals surface area contributed by atoms with Crippen LogP contribution in [0.2, 0.25) is 0 Å². The molecule has 0 spiro atoms. The number of ether oxygens (including phenoxy) is 2. The monoisotopic (exact) mass is 210 g/mol. The van der Waals surface area contributed by atoms with Gasteiger partial charge in [-0.25, -0.2) is 4.98 Å². The lowest BCUT2D eigenvalue weighted by molar-refractivity contribution is 0.0994. The summed E-state index contributed by atoms with van der Waals surface area (Å²) in [6.45, 7) is 1.69.